The molecular formula is C9H11NO4S. The van der Waals surface area contributed by atoms with Crippen LogP contribution in [0.5, 0.6) is 0 Å². The molecule has 5 nitrogen and oxygen atoms in total. The third-order valence-corrected chi connectivity index (χ3v) is 2.22. The van der Waals surface area contributed by atoms with Gasteiger partial charge < -0.3 is 9.84 Å². The van der Waals surface area contributed by atoms with Crippen LogP contribution in [0.2, 0.25) is 0 Å². The standard InChI is InChI=1S/C9H11NO4S/c1-5(2)14-9(13)10-7-4-15-3-6(7)8(11)12/h3-5H,1-2H3,(H,10,13)(H,11,12). The van der Waals surface area contributed by atoms with Gasteiger partial charge in [0, 0.05) is 10.8 Å². The van der Waals surface area contributed by atoms with Gasteiger partial charge in [-0.25, -0.2) is 9.59 Å². The van der Waals surface area contributed by atoms with Gasteiger partial charge in [0.1, 0.15) is 0 Å². The summed E-state index contributed by atoms with van der Waals surface area (Å²) in [5.74, 6) is -1.07. The molecule has 0 radical (unpaired) electrons. The Labute approximate surface area is 90.7 Å². The van der Waals surface area contributed by atoms with Gasteiger partial charge in [0.2, 0.25) is 0 Å². The van der Waals surface area contributed by atoms with E-state index in [9.17, 15) is 9.59 Å². The van der Waals surface area contributed by atoms with Crippen molar-refractivity contribution in [2.75, 3.05) is 5.32 Å². The highest BCUT2D eigenvalue weighted by atomic mass is 32.1. The summed E-state index contributed by atoms with van der Waals surface area (Å²) in [4.78, 5) is 21.9. The summed E-state index contributed by atoms with van der Waals surface area (Å²) in [6.45, 7) is 3.43. The Bertz CT molecular complexity index is 372. The first kappa shape index (κ1) is 11.5. The molecule has 1 rings (SSSR count). The van der Waals surface area contributed by atoms with Crippen LogP contribution >= 0.6 is 11.3 Å². The van der Waals surface area contributed by atoms with Gasteiger partial charge in [-0.2, -0.15) is 0 Å². The van der Waals surface area contributed by atoms with Crippen LogP contribution in [0.25, 0.3) is 0 Å². The number of nitrogens with one attached hydrogen (secondary N) is 1. The Morgan fingerprint density at radius 1 is 1.47 bits per heavy atom. The second kappa shape index (κ2) is 4.79. The monoisotopic (exact) mass is 229 g/mol. The van der Waals surface area contributed by atoms with E-state index in [1.807, 2.05) is 0 Å². The molecule has 0 spiro atoms. The van der Waals surface area contributed by atoms with Gasteiger partial charge in [0.15, 0.2) is 0 Å². The van der Waals surface area contributed by atoms with E-state index in [0.29, 0.717) is 0 Å². The number of hydrogen-bond acceptors (Lipinski definition) is 4. The summed E-state index contributed by atoms with van der Waals surface area (Å²) >= 11 is 1.20. The van der Waals surface area contributed by atoms with Gasteiger partial charge in [-0.1, -0.05) is 0 Å². The summed E-state index contributed by atoms with van der Waals surface area (Å²) in [6.07, 6.45) is -0.886. The number of carboxylic acids is 1. The lowest BCUT2D eigenvalue weighted by Crippen LogP contribution is -2.18. The molecule has 0 atom stereocenters. The largest absolute Gasteiger partial charge is 0.478 e. The maximum Gasteiger partial charge on any atom is 0.411 e. The zero-order chi connectivity index (χ0) is 11.4. The Kier molecular flexibility index (Phi) is 3.68. The van der Waals surface area contributed by atoms with E-state index in [1.54, 1.807) is 19.2 Å². The third kappa shape index (κ3) is 3.25. The number of thiophene rings is 1. The van der Waals surface area contributed by atoms with Gasteiger partial charge in [-0.05, 0) is 13.8 Å². The maximum atomic E-state index is 11.2. The van der Waals surface area contributed by atoms with E-state index < -0.39 is 12.1 Å². The van der Waals surface area contributed by atoms with Crippen molar-refractivity contribution in [1.29, 1.82) is 0 Å². The zero-order valence-electron chi connectivity index (χ0n) is 8.31. The number of carbonyl (C=O) groups excluding carboxylic acids is 1. The lowest BCUT2D eigenvalue weighted by Gasteiger charge is -2.08. The van der Waals surface area contributed by atoms with E-state index in [-0.39, 0.29) is 17.4 Å². The summed E-state index contributed by atoms with van der Waals surface area (Å²) in [7, 11) is 0. The molecule has 82 valence electrons. The average Bonchev–Trinajstić information content (AvgIpc) is 2.50. The molecule has 1 aromatic rings. The molecule has 0 aromatic carbocycles. The summed E-state index contributed by atoms with van der Waals surface area (Å²) in [5, 5.41) is 14.1. The molecule has 2 N–H and O–H groups in total. The molecule has 0 aliphatic carbocycles. The number of anilines is 1. The molecule has 1 amide bonds. The lowest BCUT2D eigenvalue weighted by molar-refractivity contribution is 0.0698. The number of hydrogen-bond donors (Lipinski definition) is 2. The van der Waals surface area contributed by atoms with E-state index in [4.69, 9.17) is 9.84 Å². The summed E-state index contributed by atoms with van der Waals surface area (Å²) in [6, 6.07) is 0. The van der Waals surface area contributed by atoms with Crippen LogP contribution < -0.4 is 5.32 Å². The predicted molar refractivity (Wildman–Crippen MR) is 56.5 cm³/mol. The Morgan fingerprint density at radius 2 is 2.13 bits per heavy atom. The molecule has 0 unspecified atom stereocenters. The molecule has 0 fully saturated rings. The SMILES string of the molecule is CC(C)OC(=O)Nc1cscc1C(=O)O. The topological polar surface area (TPSA) is 75.6 Å². The molecule has 0 aliphatic rings. The van der Waals surface area contributed by atoms with E-state index >= 15 is 0 Å². The third-order valence-electron chi connectivity index (χ3n) is 1.47. The first-order chi connectivity index (χ1) is 7.00. The van der Waals surface area contributed by atoms with Gasteiger partial charge >= 0.3 is 12.1 Å². The molecule has 0 aliphatic heterocycles. The fraction of sp³-hybridized carbons (Fsp3) is 0.333. The molecule has 15 heavy (non-hydrogen) atoms. The van der Waals surface area contributed by atoms with Crippen molar-refractivity contribution in [3.05, 3.63) is 16.3 Å². The number of rotatable bonds is 3. The van der Waals surface area contributed by atoms with Crippen molar-refractivity contribution in [1.82, 2.24) is 0 Å². The number of amides is 1. The zero-order valence-corrected chi connectivity index (χ0v) is 9.13. The van der Waals surface area contributed by atoms with E-state index in [0.717, 1.165) is 0 Å². The molecule has 1 aromatic heterocycles. The van der Waals surface area contributed by atoms with Gasteiger partial charge in [0.05, 0.1) is 17.4 Å². The van der Waals surface area contributed by atoms with Crippen molar-refractivity contribution < 1.29 is 19.4 Å². The second-order valence-electron chi connectivity index (χ2n) is 3.08. The highest BCUT2D eigenvalue weighted by molar-refractivity contribution is 7.08. The van der Waals surface area contributed by atoms with Crippen LogP contribution in [0.4, 0.5) is 10.5 Å². The van der Waals surface area contributed by atoms with Crippen molar-refractivity contribution >= 4 is 29.1 Å². The highest BCUT2D eigenvalue weighted by Crippen LogP contribution is 2.20. The van der Waals surface area contributed by atoms with Crippen molar-refractivity contribution in [2.24, 2.45) is 0 Å². The number of aromatic carboxylic acids is 1. The Hall–Kier alpha value is -1.56. The number of carbonyl (C=O) groups is 2. The van der Waals surface area contributed by atoms with Crippen LogP contribution in [0.1, 0.15) is 24.2 Å². The van der Waals surface area contributed by atoms with Crippen LogP contribution in [-0.2, 0) is 4.74 Å². The minimum atomic E-state index is -1.07. The average molecular weight is 229 g/mol. The van der Waals surface area contributed by atoms with Gasteiger partial charge in [-0.15, -0.1) is 11.3 Å². The molecule has 0 bridgehead atoms. The van der Waals surface area contributed by atoms with Crippen molar-refractivity contribution in [3.8, 4) is 0 Å². The van der Waals surface area contributed by atoms with Gasteiger partial charge in [-0.3, -0.25) is 5.32 Å². The van der Waals surface area contributed by atoms with Crippen LogP contribution in [0.15, 0.2) is 10.8 Å². The van der Waals surface area contributed by atoms with Crippen molar-refractivity contribution in [3.63, 3.8) is 0 Å². The smallest absolute Gasteiger partial charge is 0.411 e. The normalized spacial score (nSPS) is 10.1. The lowest BCUT2D eigenvalue weighted by atomic mass is 10.3. The van der Waals surface area contributed by atoms with Crippen LogP contribution in [0.3, 0.4) is 0 Å². The summed E-state index contributed by atoms with van der Waals surface area (Å²) in [5.41, 5.74) is 0.332. The minimum absolute atomic E-state index is 0.0701. The molecule has 0 saturated carbocycles. The Morgan fingerprint density at radius 3 is 2.67 bits per heavy atom. The number of ether oxygens (including phenoxy) is 1. The first-order valence-corrected chi connectivity index (χ1v) is 5.22. The van der Waals surface area contributed by atoms with Crippen molar-refractivity contribution in [2.45, 2.75) is 20.0 Å². The first-order valence-electron chi connectivity index (χ1n) is 4.28. The highest BCUT2D eigenvalue weighted by Gasteiger charge is 2.14. The van der Waals surface area contributed by atoms with Crippen LogP contribution in [0, 0.1) is 0 Å². The van der Waals surface area contributed by atoms with Crippen LogP contribution in [-0.4, -0.2) is 23.3 Å². The summed E-state index contributed by atoms with van der Waals surface area (Å²) < 4.78 is 4.82. The minimum Gasteiger partial charge on any atom is -0.478 e. The Balaban J connectivity index is 2.68. The fourth-order valence-corrected chi connectivity index (χ4v) is 1.67. The molecule has 0 saturated heterocycles. The quantitative estimate of drug-likeness (QED) is 0.834. The number of carboxylic acid groups (broad SMARTS) is 1. The fourth-order valence-electron chi connectivity index (χ4n) is 0.913. The van der Waals surface area contributed by atoms with E-state index in [2.05, 4.69) is 5.32 Å². The second-order valence-corrected chi connectivity index (χ2v) is 3.83. The maximum absolute atomic E-state index is 11.2. The van der Waals surface area contributed by atoms with E-state index in [1.165, 1.54) is 16.7 Å². The molecule has 1 heterocycles. The molecule has 6 heteroatoms. The predicted octanol–water partition coefficient (Wildman–Crippen LogP) is 2.40. The van der Waals surface area contributed by atoms with Gasteiger partial charge in [0.25, 0.3) is 0 Å². The molecular weight excluding hydrogens is 218 g/mol.